The van der Waals surface area contributed by atoms with Gasteiger partial charge in [0, 0.05) is 18.6 Å². The molecule has 1 amide bonds. The topological polar surface area (TPSA) is 59.3 Å². The predicted octanol–water partition coefficient (Wildman–Crippen LogP) is 2.73. The fraction of sp³-hybridized carbons (Fsp3) is 0.0769. The largest absolute Gasteiger partial charge is 0.459 e. The van der Waals surface area contributed by atoms with Crippen molar-refractivity contribution in [2.24, 2.45) is 0 Å². The molecule has 0 aliphatic heterocycles. The van der Waals surface area contributed by atoms with Gasteiger partial charge in [0.25, 0.3) is 5.91 Å². The van der Waals surface area contributed by atoms with Gasteiger partial charge in [0.15, 0.2) is 11.5 Å². The van der Waals surface area contributed by atoms with Gasteiger partial charge in [-0.3, -0.25) is 9.59 Å². The van der Waals surface area contributed by atoms with Crippen molar-refractivity contribution in [1.82, 2.24) is 0 Å². The highest BCUT2D eigenvalue weighted by Gasteiger charge is 2.09. The minimum absolute atomic E-state index is 0.176. The Bertz CT molecular complexity index is 543. The van der Waals surface area contributed by atoms with Crippen LogP contribution in [0.2, 0.25) is 0 Å². The number of benzene rings is 1. The van der Waals surface area contributed by atoms with Crippen LogP contribution < -0.4 is 5.32 Å². The molecule has 1 heterocycles. The Morgan fingerprint density at radius 2 is 1.88 bits per heavy atom. The number of rotatable bonds is 3. The van der Waals surface area contributed by atoms with E-state index in [1.807, 2.05) is 6.07 Å². The van der Waals surface area contributed by atoms with Crippen LogP contribution in [0.1, 0.15) is 27.8 Å². The van der Waals surface area contributed by atoms with Crippen LogP contribution in [0.4, 0.5) is 5.69 Å². The molecule has 0 unspecified atom stereocenters. The van der Waals surface area contributed by atoms with Gasteiger partial charge in [-0.25, -0.2) is 0 Å². The van der Waals surface area contributed by atoms with E-state index in [4.69, 9.17) is 4.42 Å². The summed E-state index contributed by atoms with van der Waals surface area (Å²) < 4.78 is 5.00. The number of carbonyl (C=O) groups excluding carboxylic acids is 2. The lowest BCUT2D eigenvalue weighted by atomic mass is 10.2. The lowest BCUT2D eigenvalue weighted by Crippen LogP contribution is -2.10. The number of furan rings is 1. The quantitative estimate of drug-likeness (QED) is 0.823. The summed E-state index contributed by atoms with van der Waals surface area (Å²) in [4.78, 5) is 22.8. The van der Waals surface area contributed by atoms with Crippen molar-refractivity contribution in [3.63, 3.8) is 0 Å². The zero-order valence-corrected chi connectivity index (χ0v) is 9.27. The molecule has 0 atom stereocenters. The summed E-state index contributed by atoms with van der Waals surface area (Å²) in [6, 6.07) is 10.3. The van der Waals surface area contributed by atoms with Crippen LogP contribution >= 0.6 is 0 Å². The fourth-order valence-corrected chi connectivity index (χ4v) is 1.38. The monoisotopic (exact) mass is 229 g/mol. The summed E-state index contributed by atoms with van der Waals surface area (Å²) >= 11 is 0. The van der Waals surface area contributed by atoms with Crippen LogP contribution in [-0.2, 0) is 0 Å². The Hall–Kier alpha value is -2.36. The first kappa shape index (κ1) is 11.1. The summed E-state index contributed by atoms with van der Waals surface area (Å²) in [5.41, 5.74) is 1.03. The molecular formula is C13H11NO3. The van der Waals surface area contributed by atoms with Crippen LogP contribution in [0.15, 0.2) is 47.1 Å². The molecular weight excluding hydrogens is 218 g/mol. The molecule has 0 radical (unpaired) electrons. The minimum Gasteiger partial charge on any atom is -0.459 e. The van der Waals surface area contributed by atoms with Crippen LogP contribution in [0.5, 0.6) is 0 Å². The van der Waals surface area contributed by atoms with Crippen molar-refractivity contribution < 1.29 is 14.0 Å². The number of nitrogens with one attached hydrogen (secondary N) is 1. The van der Waals surface area contributed by atoms with Gasteiger partial charge in [-0.2, -0.15) is 0 Å². The lowest BCUT2D eigenvalue weighted by molar-refractivity contribution is 0.0985. The third-order valence-electron chi connectivity index (χ3n) is 2.24. The van der Waals surface area contributed by atoms with E-state index in [9.17, 15) is 9.59 Å². The molecule has 0 aliphatic carbocycles. The number of hydrogen-bond donors (Lipinski definition) is 1. The summed E-state index contributed by atoms with van der Waals surface area (Å²) in [5, 5.41) is 2.65. The second-order valence-corrected chi connectivity index (χ2v) is 3.58. The van der Waals surface area contributed by atoms with Gasteiger partial charge >= 0.3 is 0 Å². The van der Waals surface area contributed by atoms with Crippen LogP contribution in [0, 0.1) is 0 Å². The zero-order chi connectivity index (χ0) is 12.3. The maximum absolute atomic E-state index is 11.8. The molecule has 2 rings (SSSR count). The average molecular weight is 229 g/mol. The molecule has 0 saturated heterocycles. The van der Waals surface area contributed by atoms with E-state index in [2.05, 4.69) is 5.32 Å². The first-order valence-electron chi connectivity index (χ1n) is 5.12. The van der Waals surface area contributed by atoms with Crippen LogP contribution in [-0.4, -0.2) is 11.7 Å². The Kier molecular flexibility index (Phi) is 3.05. The van der Waals surface area contributed by atoms with Crippen molar-refractivity contribution >= 4 is 17.4 Å². The molecule has 4 nitrogen and oxygen atoms in total. The summed E-state index contributed by atoms with van der Waals surface area (Å²) in [7, 11) is 0. The third-order valence-corrected chi connectivity index (χ3v) is 2.24. The smallest absolute Gasteiger partial charge is 0.255 e. The van der Waals surface area contributed by atoms with Gasteiger partial charge in [0.05, 0.1) is 5.69 Å². The predicted molar refractivity (Wildman–Crippen MR) is 63.1 cm³/mol. The van der Waals surface area contributed by atoms with Gasteiger partial charge in [-0.1, -0.05) is 18.2 Å². The Morgan fingerprint density at radius 1 is 1.18 bits per heavy atom. The highest BCUT2D eigenvalue weighted by Crippen LogP contribution is 2.14. The summed E-state index contributed by atoms with van der Waals surface area (Å²) in [6.07, 6.45) is 1.34. The molecule has 0 saturated carbocycles. The Balaban J connectivity index is 2.11. The lowest BCUT2D eigenvalue weighted by Gasteiger charge is -2.00. The number of amides is 1. The van der Waals surface area contributed by atoms with E-state index in [0.29, 0.717) is 11.3 Å². The Labute approximate surface area is 98.3 Å². The molecule has 2 aromatic rings. The van der Waals surface area contributed by atoms with Gasteiger partial charge in [-0.05, 0) is 12.1 Å². The molecule has 0 bridgehead atoms. The number of Topliss-reactive ketones (excluding diaryl/α,β-unsaturated/α-hetero) is 1. The maximum Gasteiger partial charge on any atom is 0.255 e. The molecule has 1 aromatic heterocycles. The standard InChI is InChI=1S/C13H11NO3/c1-9(15)12-7-11(8-17-12)14-13(16)10-5-3-2-4-6-10/h2-8H,1H3,(H,14,16). The van der Waals surface area contributed by atoms with Crippen LogP contribution in [0.3, 0.4) is 0 Å². The first-order valence-corrected chi connectivity index (χ1v) is 5.12. The molecule has 0 aliphatic rings. The van der Waals surface area contributed by atoms with E-state index < -0.39 is 0 Å². The number of anilines is 1. The van der Waals surface area contributed by atoms with Crippen molar-refractivity contribution in [3.05, 3.63) is 54.0 Å². The molecule has 0 fully saturated rings. The molecule has 0 spiro atoms. The first-order chi connectivity index (χ1) is 8.16. The van der Waals surface area contributed by atoms with E-state index in [1.165, 1.54) is 19.3 Å². The molecule has 1 aromatic carbocycles. The van der Waals surface area contributed by atoms with E-state index >= 15 is 0 Å². The van der Waals surface area contributed by atoms with Crippen molar-refractivity contribution in [2.75, 3.05) is 5.32 Å². The molecule has 17 heavy (non-hydrogen) atoms. The molecule has 4 heteroatoms. The number of carbonyl (C=O) groups is 2. The van der Waals surface area contributed by atoms with Gasteiger partial charge in [0.2, 0.25) is 0 Å². The summed E-state index contributed by atoms with van der Waals surface area (Å²) in [5.74, 6) is -0.180. The Morgan fingerprint density at radius 3 is 2.47 bits per heavy atom. The molecule has 86 valence electrons. The SMILES string of the molecule is CC(=O)c1cc(NC(=O)c2ccccc2)co1. The second kappa shape index (κ2) is 4.65. The van der Waals surface area contributed by atoms with E-state index in [1.54, 1.807) is 24.3 Å². The van der Waals surface area contributed by atoms with Crippen LogP contribution in [0.25, 0.3) is 0 Å². The highest BCUT2D eigenvalue weighted by atomic mass is 16.3. The highest BCUT2D eigenvalue weighted by molar-refractivity contribution is 6.04. The minimum atomic E-state index is -0.235. The fourth-order valence-electron chi connectivity index (χ4n) is 1.38. The summed E-state index contributed by atoms with van der Waals surface area (Å²) in [6.45, 7) is 1.40. The maximum atomic E-state index is 11.8. The van der Waals surface area contributed by atoms with Crippen molar-refractivity contribution in [2.45, 2.75) is 6.92 Å². The van der Waals surface area contributed by atoms with Gasteiger partial charge in [0.1, 0.15) is 6.26 Å². The second-order valence-electron chi connectivity index (χ2n) is 3.58. The van der Waals surface area contributed by atoms with Gasteiger partial charge in [-0.15, -0.1) is 0 Å². The van der Waals surface area contributed by atoms with E-state index in [-0.39, 0.29) is 17.5 Å². The third kappa shape index (κ3) is 2.60. The zero-order valence-electron chi connectivity index (χ0n) is 9.27. The normalized spacial score (nSPS) is 9.94. The number of hydrogen-bond acceptors (Lipinski definition) is 3. The number of ketones is 1. The van der Waals surface area contributed by atoms with Crippen molar-refractivity contribution in [3.8, 4) is 0 Å². The van der Waals surface area contributed by atoms with E-state index in [0.717, 1.165) is 0 Å². The molecule has 1 N–H and O–H groups in total. The van der Waals surface area contributed by atoms with Crippen molar-refractivity contribution in [1.29, 1.82) is 0 Å². The average Bonchev–Trinajstić information content (AvgIpc) is 2.79. The van der Waals surface area contributed by atoms with Gasteiger partial charge < -0.3 is 9.73 Å².